The molecular weight excluding hydrogens is 226 g/mol. The van der Waals surface area contributed by atoms with E-state index in [1.165, 1.54) is 5.56 Å². The van der Waals surface area contributed by atoms with Crippen LogP contribution >= 0.6 is 0 Å². The van der Waals surface area contributed by atoms with E-state index >= 15 is 0 Å². The zero-order valence-electron chi connectivity index (χ0n) is 10.9. The summed E-state index contributed by atoms with van der Waals surface area (Å²) in [6.45, 7) is 4.88. The van der Waals surface area contributed by atoms with Gasteiger partial charge in [0.2, 0.25) is 5.89 Å². The van der Waals surface area contributed by atoms with Crippen molar-refractivity contribution >= 4 is 0 Å². The van der Waals surface area contributed by atoms with Crippen molar-refractivity contribution in [2.24, 2.45) is 0 Å². The van der Waals surface area contributed by atoms with Crippen molar-refractivity contribution in [3.8, 4) is 0 Å². The Labute approximate surface area is 107 Å². The van der Waals surface area contributed by atoms with Crippen molar-refractivity contribution in [1.82, 2.24) is 15.5 Å². The van der Waals surface area contributed by atoms with Crippen molar-refractivity contribution in [3.63, 3.8) is 0 Å². The van der Waals surface area contributed by atoms with E-state index in [-0.39, 0.29) is 0 Å². The molecular formula is C14H19N3O. The van der Waals surface area contributed by atoms with Gasteiger partial charge in [-0.1, -0.05) is 35.5 Å². The van der Waals surface area contributed by atoms with Gasteiger partial charge in [0, 0.05) is 19.0 Å². The summed E-state index contributed by atoms with van der Waals surface area (Å²) in [4.78, 5) is 4.17. The van der Waals surface area contributed by atoms with Gasteiger partial charge in [0.15, 0.2) is 5.82 Å². The molecule has 1 N–H and O–H groups in total. The van der Waals surface area contributed by atoms with Crippen LogP contribution in [0.2, 0.25) is 0 Å². The average molecular weight is 245 g/mol. The average Bonchev–Trinajstić information content (AvgIpc) is 2.76. The zero-order chi connectivity index (χ0) is 12.8. The predicted molar refractivity (Wildman–Crippen MR) is 70.3 cm³/mol. The van der Waals surface area contributed by atoms with E-state index in [0.717, 1.165) is 19.4 Å². The molecule has 0 radical (unpaired) electrons. The molecule has 0 aliphatic rings. The van der Waals surface area contributed by atoms with E-state index in [2.05, 4.69) is 46.6 Å². The lowest BCUT2D eigenvalue weighted by atomic mass is 10.1. The van der Waals surface area contributed by atoms with Crippen LogP contribution in [0.5, 0.6) is 0 Å². The summed E-state index contributed by atoms with van der Waals surface area (Å²) >= 11 is 0. The van der Waals surface area contributed by atoms with Crippen LogP contribution in [-0.4, -0.2) is 22.7 Å². The summed E-state index contributed by atoms with van der Waals surface area (Å²) in [5, 5.41) is 7.23. The second-order valence-electron chi connectivity index (χ2n) is 4.53. The number of rotatable bonds is 6. The normalized spacial score (nSPS) is 12.6. The molecule has 2 aromatic rings. The lowest BCUT2D eigenvalue weighted by Crippen LogP contribution is -2.30. The fraction of sp³-hybridized carbons (Fsp3) is 0.429. The van der Waals surface area contributed by atoms with Gasteiger partial charge in [-0.3, -0.25) is 0 Å². The molecule has 0 saturated carbocycles. The molecule has 0 amide bonds. The quantitative estimate of drug-likeness (QED) is 0.847. The van der Waals surface area contributed by atoms with Gasteiger partial charge in [-0.2, -0.15) is 4.98 Å². The zero-order valence-corrected chi connectivity index (χ0v) is 10.9. The molecule has 2 rings (SSSR count). The highest BCUT2D eigenvalue weighted by molar-refractivity contribution is 5.15. The Morgan fingerprint density at radius 2 is 2.06 bits per heavy atom. The van der Waals surface area contributed by atoms with Gasteiger partial charge in [0.05, 0.1) is 0 Å². The van der Waals surface area contributed by atoms with Crippen LogP contribution in [0.4, 0.5) is 0 Å². The maximum absolute atomic E-state index is 5.06. The maximum atomic E-state index is 5.06. The van der Waals surface area contributed by atoms with Crippen LogP contribution in [0.1, 0.15) is 24.2 Å². The van der Waals surface area contributed by atoms with Crippen molar-refractivity contribution in [2.75, 3.05) is 6.54 Å². The lowest BCUT2D eigenvalue weighted by molar-refractivity contribution is 0.369. The van der Waals surface area contributed by atoms with Crippen LogP contribution in [-0.2, 0) is 12.8 Å². The minimum Gasteiger partial charge on any atom is -0.339 e. The summed E-state index contributed by atoms with van der Waals surface area (Å²) in [6, 6.07) is 10.9. The molecule has 18 heavy (non-hydrogen) atoms. The summed E-state index contributed by atoms with van der Waals surface area (Å²) < 4.78 is 5.06. The van der Waals surface area contributed by atoms with Gasteiger partial charge in [0.1, 0.15) is 0 Å². The number of aromatic nitrogens is 2. The Kier molecular flexibility index (Phi) is 4.47. The topological polar surface area (TPSA) is 51.0 Å². The van der Waals surface area contributed by atoms with E-state index in [1.807, 2.05) is 13.0 Å². The summed E-state index contributed by atoms with van der Waals surface area (Å²) in [5.74, 6) is 1.40. The second kappa shape index (κ2) is 6.31. The molecule has 4 heteroatoms. The fourth-order valence-corrected chi connectivity index (χ4v) is 1.91. The van der Waals surface area contributed by atoms with Crippen molar-refractivity contribution in [2.45, 2.75) is 32.7 Å². The SMILES string of the molecule is Cc1noc(CCNC(C)Cc2ccccc2)n1. The van der Waals surface area contributed by atoms with Crippen molar-refractivity contribution in [1.29, 1.82) is 0 Å². The molecule has 1 aromatic heterocycles. The summed E-state index contributed by atoms with van der Waals surface area (Å²) in [5.41, 5.74) is 1.35. The van der Waals surface area contributed by atoms with Crippen LogP contribution < -0.4 is 5.32 Å². The highest BCUT2D eigenvalue weighted by Crippen LogP contribution is 2.03. The maximum Gasteiger partial charge on any atom is 0.227 e. The fourth-order valence-electron chi connectivity index (χ4n) is 1.91. The molecule has 0 saturated heterocycles. The minimum atomic E-state index is 0.441. The number of nitrogens with one attached hydrogen (secondary N) is 1. The number of nitrogens with zero attached hydrogens (tertiary/aromatic N) is 2. The molecule has 0 spiro atoms. The summed E-state index contributed by atoms with van der Waals surface area (Å²) in [6.07, 6.45) is 1.81. The van der Waals surface area contributed by atoms with E-state index in [4.69, 9.17) is 4.52 Å². The third kappa shape index (κ3) is 3.96. The van der Waals surface area contributed by atoms with Crippen LogP contribution in [0.25, 0.3) is 0 Å². The van der Waals surface area contributed by atoms with Crippen LogP contribution in [0, 0.1) is 6.92 Å². The Balaban J connectivity index is 1.70. The third-order valence-corrected chi connectivity index (χ3v) is 2.79. The van der Waals surface area contributed by atoms with E-state index in [9.17, 15) is 0 Å². The number of aryl methyl sites for hydroxylation is 1. The first kappa shape index (κ1) is 12.8. The minimum absolute atomic E-state index is 0.441. The van der Waals surface area contributed by atoms with Gasteiger partial charge >= 0.3 is 0 Å². The predicted octanol–water partition coefficient (Wildman–Crippen LogP) is 2.14. The molecule has 1 heterocycles. The first-order chi connectivity index (χ1) is 8.74. The first-order valence-electron chi connectivity index (χ1n) is 6.30. The van der Waals surface area contributed by atoms with Gasteiger partial charge < -0.3 is 9.84 Å². The molecule has 0 aliphatic heterocycles. The molecule has 0 aliphatic carbocycles. The second-order valence-corrected chi connectivity index (χ2v) is 4.53. The largest absolute Gasteiger partial charge is 0.339 e. The van der Waals surface area contributed by atoms with Crippen molar-refractivity contribution in [3.05, 3.63) is 47.6 Å². The molecule has 0 fully saturated rings. The Bertz CT molecular complexity index is 467. The molecule has 0 bridgehead atoms. The van der Waals surface area contributed by atoms with Crippen LogP contribution in [0.15, 0.2) is 34.9 Å². The van der Waals surface area contributed by atoms with Gasteiger partial charge in [-0.05, 0) is 25.8 Å². The monoisotopic (exact) mass is 245 g/mol. The standard InChI is InChI=1S/C14H19N3O/c1-11(10-13-6-4-3-5-7-13)15-9-8-14-16-12(2)17-18-14/h3-7,11,15H,8-10H2,1-2H3. The highest BCUT2D eigenvalue weighted by atomic mass is 16.5. The summed E-state index contributed by atoms with van der Waals surface area (Å²) in [7, 11) is 0. The van der Waals surface area contributed by atoms with E-state index in [1.54, 1.807) is 0 Å². The van der Waals surface area contributed by atoms with Gasteiger partial charge in [-0.25, -0.2) is 0 Å². The molecule has 1 aromatic carbocycles. The van der Waals surface area contributed by atoms with Gasteiger partial charge in [-0.15, -0.1) is 0 Å². The molecule has 96 valence electrons. The van der Waals surface area contributed by atoms with E-state index < -0.39 is 0 Å². The number of benzene rings is 1. The number of hydrogen-bond acceptors (Lipinski definition) is 4. The molecule has 4 nitrogen and oxygen atoms in total. The smallest absolute Gasteiger partial charge is 0.227 e. The number of hydrogen-bond donors (Lipinski definition) is 1. The Hall–Kier alpha value is -1.68. The Morgan fingerprint density at radius 1 is 1.28 bits per heavy atom. The first-order valence-corrected chi connectivity index (χ1v) is 6.30. The van der Waals surface area contributed by atoms with Crippen LogP contribution in [0.3, 0.4) is 0 Å². The molecule has 1 unspecified atom stereocenters. The highest BCUT2D eigenvalue weighted by Gasteiger charge is 2.05. The third-order valence-electron chi connectivity index (χ3n) is 2.79. The Morgan fingerprint density at radius 3 is 2.72 bits per heavy atom. The van der Waals surface area contributed by atoms with Crippen molar-refractivity contribution < 1.29 is 4.52 Å². The van der Waals surface area contributed by atoms with Gasteiger partial charge in [0.25, 0.3) is 0 Å². The molecule has 1 atom stereocenters. The lowest BCUT2D eigenvalue weighted by Gasteiger charge is -2.12. The van der Waals surface area contributed by atoms with E-state index in [0.29, 0.717) is 17.8 Å².